The first kappa shape index (κ1) is 19.0. The minimum Gasteiger partial charge on any atom is -0.497 e. The Morgan fingerprint density at radius 3 is 2.59 bits per heavy atom. The minimum absolute atomic E-state index is 0.0218. The van der Waals surface area contributed by atoms with Crippen LogP contribution in [0.3, 0.4) is 0 Å². The summed E-state index contributed by atoms with van der Waals surface area (Å²) in [5.74, 6) is 0.848. The molecule has 3 aromatic rings. The third-order valence-electron chi connectivity index (χ3n) is 4.79. The van der Waals surface area contributed by atoms with Gasteiger partial charge in [0.2, 0.25) is 5.91 Å². The maximum Gasteiger partial charge on any atom is 0.220 e. The Hall–Kier alpha value is -2.79. The number of benzene rings is 2. The summed E-state index contributed by atoms with van der Waals surface area (Å²) in [6.07, 6.45) is 2.42. The third-order valence-corrected chi connectivity index (χ3v) is 4.79. The molecule has 0 aliphatic carbocycles. The third kappa shape index (κ3) is 4.68. The van der Waals surface area contributed by atoms with Crippen LogP contribution in [0.25, 0.3) is 10.9 Å². The van der Waals surface area contributed by atoms with Crippen molar-refractivity contribution in [1.29, 1.82) is 0 Å². The lowest BCUT2D eigenvalue weighted by Crippen LogP contribution is -2.32. The van der Waals surface area contributed by atoms with Gasteiger partial charge in [0.1, 0.15) is 5.75 Å². The van der Waals surface area contributed by atoms with E-state index in [9.17, 15) is 4.79 Å². The van der Waals surface area contributed by atoms with E-state index in [0.29, 0.717) is 13.0 Å². The van der Waals surface area contributed by atoms with Crippen molar-refractivity contribution >= 4 is 16.8 Å². The van der Waals surface area contributed by atoms with Crippen molar-refractivity contribution < 1.29 is 9.53 Å². The van der Waals surface area contributed by atoms with Crippen molar-refractivity contribution in [2.45, 2.75) is 12.3 Å². The number of carbonyl (C=O) groups is 1. The number of aromatic amines is 1. The van der Waals surface area contributed by atoms with Crippen molar-refractivity contribution in [3.05, 3.63) is 65.9 Å². The summed E-state index contributed by atoms with van der Waals surface area (Å²) in [6, 6.07) is 16.2. The number of fused-ring (bicyclic) bond motifs is 1. The number of nitrogens with one attached hydrogen (secondary N) is 2. The second kappa shape index (κ2) is 8.73. The van der Waals surface area contributed by atoms with Crippen molar-refractivity contribution in [2.75, 3.05) is 34.3 Å². The quantitative estimate of drug-likeness (QED) is 0.643. The number of aromatic nitrogens is 1. The summed E-state index contributed by atoms with van der Waals surface area (Å²) in [4.78, 5) is 18.0. The molecule has 3 rings (SSSR count). The molecule has 0 bridgehead atoms. The molecular weight excluding hydrogens is 338 g/mol. The van der Waals surface area contributed by atoms with E-state index in [4.69, 9.17) is 4.74 Å². The molecule has 0 spiro atoms. The van der Waals surface area contributed by atoms with E-state index in [-0.39, 0.29) is 11.8 Å². The number of carbonyl (C=O) groups excluding carboxylic acids is 1. The lowest BCUT2D eigenvalue weighted by molar-refractivity contribution is -0.121. The molecule has 0 unspecified atom stereocenters. The van der Waals surface area contributed by atoms with E-state index in [1.807, 2.05) is 56.7 Å². The molecule has 0 aliphatic heterocycles. The Balaban J connectivity index is 1.87. The molecule has 0 aliphatic rings. The van der Waals surface area contributed by atoms with E-state index in [2.05, 4.69) is 27.3 Å². The van der Waals surface area contributed by atoms with E-state index < -0.39 is 0 Å². The van der Waals surface area contributed by atoms with Crippen molar-refractivity contribution in [2.24, 2.45) is 0 Å². The van der Waals surface area contributed by atoms with Crippen LogP contribution >= 0.6 is 0 Å². The number of amides is 1. The predicted molar refractivity (Wildman–Crippen MR) is 109 cm³/mol. The first-order valence-corrected chi connectivity index (χ1v) is 9.20. The first-order chi connectivity index (χ1) is 13.1. The van der Waals surface area contributed by atoms with Crippen LogP contribution in [0.15, 0.2) is 54.7 Å². The molecule has 1 aromatic heterocycles. The fourth-order valence-electron chi connectivity index (χ4n) is 3.30. The van der Waals surface area contributed by atoms with Crippen LogP contribution in [0.5, 0.6) is 5.75 Å². The molecule has 0 radical (unpaired) electrons. The molecular formula is C22H27N3O2. The molecule has 2 N–H and O–H groups in total. The Morgan fingerprint density at radius 2 is 1.89 bits per heavy atom. The molecule has 142 valence electrons. The number of likely N-dealkylation sites (N-methyl/N-ethyl adjacent to an activating group) is 1. The second-order valence-corrected chi connectivity index (χ2v) is 6.97. The molecule has 1 atom stereocenters. The molecule has 0 fully saturated rings. The molecule has 0 saturated carbocycles. The van der Waals surface area contributed by atoms with Crippen LogP contribution in [-0.4, -0.2) is 50.1 Å². The molecule has 1 heterocycles. The Labute approximate surface area is 160 Å². The zero-order chi connectivity index (χ0) is 19.2. The monoisotopic (exact) mass is 365 g/mol. The lowest BCUT2D eigenvalue weighted by atomic mass is 9.88. The summed E-state index contributed by atoms with van der Waals surface area (Å²) < 4.78 is 5.28. The number of methoxy groups -OCH3 is 1. The molecule has 2 aromatic carbocycles. The number of hydrogen-bond donors (Lipinski definition) is 2. The highest BCUT2D eigenvalue weighted by atomic mass is 16.5. The van der Waals surface area contributed by atoms with Crippen molar-refractivity contribution in [1.82, 2.24) is 15.2 Å². The van der Waals surface area contributed by atoms with Gasteiger partial charge in [-0.15, -0.1) is 0 Å². The zero-order valence-electron chi connectivity index (χ0n) is 16.2. The zero-order valence-corrected chi connectivity index (χ0v) is 16.2. The van der Waals surface area contributed by atoms with Gasteiger partial charge >= 0.3 is 0 Å². The molecule has 27 heavy (non-hydrogen) atoms. The lowest BCUT2D eigenvalue weighted by Gasteiger charge is -2.18. The molecule has 0 saturated heterocycles. The number of H-pyrrole nitrogens is 1. The summed E-state index contributed by atoms with van der Waals surface area (Å²) in [6.45, 7) is 1.47. The van der Waals surface area contributed by atoms with E-state index in [1.54, 1.807) is 7.11 Å². The molecule has 5 heteroatoms. The van der Waals surface area contributed by atoms with Crippen LogP contribution in [0.4, 0.5) is 0 Å². The minimum atomic E-state index is -0.0218. The van der Waals surface area contributed by atoms with E-state index >= 15 is 0 Å². The Kier molecular flexibility index (Phi) is 6.14. The van der Waals surface area contributed by atoms with Gasteiger partial charge in [0.05, 0.1) is 7.11 Å². The fraction of sp³-hybridized carbons (Fsp3) is 0.318. The van der Waals surface area contributed by atoms with Crippen LogP contribution in [0, 0.1) is 0 Å². The summed E-state index contributed by atoms with van der Waals surface area (Å²) >= 11 is 0. The highest BCUT2D eigenvalue weighted by Crippen LogP contribution is 2.34. The maximum atomic E-state index is 12.6. The van der Waals surface area contributed by atoms with E-state index in [1.165, 1.54) is 0 Å². The summed E-state index contributed by atoms with van der Waals surface area (Å²) in [5, 5.41) is 4.18. The topological polar surface area (TPSA) is 57.4 Å². The average Bonchev–Trinajstić information content (AvgIpc) is 3.10. The van der Waals surface area contributed by atoms with Crippen LogP contribution in [-0.2, 0) is 4.79 Å². The normalized spacial score (nSPS) is 12.3. The van der Waals surface area contributed by atoms with Crippen LogP contribution in [0.1, 0.15) is 23.5 Å². The number of nitrogens with zero attached hydrogens (tertiary/aromatic N) is 1. The van der Waals surface area contributed by atoms with Gasteiger partial charge in [-0.25, -0.2) is 0 Å². The van der Waals surface area contributed by atoms with Gasteiger partial charge in [-0.05, 0) is 43.4 Å². The number of ether oxygens (including phenoxy) is 1. The smallest absolute Gasteiger partial charge is 0.220 e. The van der Waals surface area contributed by atoms with Gasteiger partial charge in [-0.3, -0.25) is 4.79 Å². The van der Waals surface area contributed by atoms with Gasteiger partial charge in [0.25, 0.3) is 0 Å². The van der Waals surface area contributed by atoms with E-state index in [0.717, 1.165) is 34.3 Å². The van der Waals surface area contributed by atoms with Crippen molar-refractivity contribution in [3.8, 4) is 5.75 Å². The standard InChI is InChI=1S/C22H27N3O2/c1-25(2)13-12-23-22(26)14-19(16-8-10-17(27-3)11-9-16)20-15-24-21-7-5-4-6-18(20)21/h4-11,15,19,24H,12-14H2,1-3H3,(H,23,26)/t19-/m1/s1. The largest absolute Gasteiger partial charge is 0.497 e. The molecule has 5 nitrogen and oxygen atoms in total. The highest BCUT2D eigenvalue weighted by molar-refractivity contribution is 5.86. The van der Waals surface area contributed by atoms with Gasteiger partial charge in [-0.1, -0.05) is 30.3 Å². The average molecular weight is 365 g/mol. The van der Waals surface area contributed by atoms with Crippen LogP contribution in [0.2, 0.25) is 0 Å². The van der Waals surface area contributed by atoms with Gasteiger partial charge in [-0.2, -0.15) is 0 Å². The summed E-state index contributed by atoms with van der Waals surface area (Å²) in [7, 11) is 5.65. The van der Waals surface area contributed by atoms with Crippen molar-refractivity contribution in [3.63, 3.8) is 0 Å². The SMILES string of the molecule is COc1ccc([C@@H](CC(=O)NCCN(C)C)c2c[nH]c3ccccc23)cc1. The number of hydrogen-bond acceptors (Lipinski definition) is 3. The Bertz CT molecular complexity index is 884. The van der Waals surface area contributed by atoms with Gasteiger partial charge in [0, 0.05) is 42.5 Å². The number of rotatable bonds is 8. The van der Waals surface area contributed by atoms with Gasteiger partial charge < -0.3 is 19.9 Å². The predicted octanol–water partition coefficient (Wildman–Crippen LogP) is 3.38. The number of para-hydroxylation sites is 1. The Morgan fingerprint density at radius 1 is 1.15 bits per heavy atom. The highest BCUT2D eigenvalue weighted by Gasteiger charge is 2.21. The second-order valence-electron chi connectivity index (χ2n) is 6.97. The van der Waals surface area contributed by atoms with Gasteiger partial charge in [0.15, 0.2) is 0 Å². The fourth-order valence-corrected chi connectivity index (χ4v) is 3.30. The summed E-state index contributed by atoms with van der Waals surface area (Å²) in [5.41, 5.74) is 3.32. The van der Waals surface area contributed by atoms with Crippen LogP contribution < -0.4 is 10.1 Å². The first-order valence-electron chi connectivity index (χ1n) is 9.20. The molecule has 1 amide bonds. The maximum absolute atomic E-state index is 12.6.